The number of thiophene rings is 1. The summed E-state index contributed by atoms with van der Waals surface area (Å²) in [6.07, 6.45) is -1.96. The first kappa shape index (κ1) is 16.0. The summed E-state index contributed by atoms with van der Waals surface area (Å²) in [6.45, 7) is 2.41. The van der Waals surface area contributed by atoms with E-state index in [4.69, 9.17) is 0 Å². The Labute approximate surface area is 145 Å². The van der Waals surface area contributed by atoms with E-state index in [1.54, 1.807) is 17.7 Å². The van der Waals surface area contributed by atoms with Gasteiger partial charge in [0.25, 0.3) is 0 Å². The van der Waals surface area contributed by atoms with Gasteiger partial charge in [0, 0.05) is 32.2 Å². The highest BCUT2D eigenvalue weighted by Crippen LogP contribution is 2.30. The molecule has 1 aliphatic rings. The van der Waals surface area contributed by atoms with E-state index in [0.717, 1.165) is 28.4 Å². The molecule has 0 aromatic carbocycles. The van der Waals surface area contributed by atoms with Gasteiger partial charge in [-0.15, -0.1) is 11.3 Å². The van der Waals surface area contributed by atoms with E-state index >= 15 is 0 Å². The van der Waals surface area contributed by atoms with Crippen LogP contribution in [-0.4, -0.2) is 46.1 Å². The van der Waals surface area contributed by atoms with E-state index in [9.17, 15) is 13.2 Å². The van der Waals surface area contributed by atoms with Crippen LogP contribution in [0.15, 0.2) is 30.2 Å². The van der Waals surface area contributed by atoms with E-state index in [0.29, 0.717) is 32.0 Å². The zero-order chi connectivity index (χ0) is 17.4. The molecule has 0 N–H and O–H groups in total. The van der Waals surface area contributed by atoms with Crippen LogP contribution in [-0.2, 0) is 6.18 Å². The van der Waals surface area contributed by atoms with Crippen molar-refractivity contribution >= 4 is 33.2 Å². The van der Waals surface area contributed by atoms with Gasteiger partial charge in [0.1, 0.15) is 34.8 Å². The topological polar surface area (TPSA) is 58.0 Å². The summed E-state index contributed by atoms with van der Waals surface area (Å²) in [5, 5.41) is 2.97. The van der Waals surface area contributed by atoms with Crippen molar-refractivity contribution in [1.82, 2.24) is 19.9 Å². The normalized spacial score (nSPS) is 15.8. The van der Waals surface area contributed by atoms with Gasteiger partial charge in [-0.1, -0.05) is 0 Å². The minimum absolute atomic E-state index is 0.297. The first-order chi connectivity index (χ1) is 12.0. The molecule has 4 rings (SSSR count). The fraction of sp³-hybridized carbons (Fsp3) is 0.333. The lowest BCUT2D eigenvalue weighted by atomic mass is 10.2. The third-order valence-corrected chi connectivity index (χ3v) is 4.91. The number of hydrogen-bond donors (Lipinski definition) is 0. The Bertz CT molecular complexity index is 888. The third kappa shape index (κ3) is 3.09. The van der Waals surface area contributed by atoms with Crippen LogP contribution in [0.3, 0.4) is 0 Å². The molecular weight excluding hydrogens is 353 g/mol. The maximum atomic E-state index is 12.8. The molecule has 0 atom stereocenters. The predicted molar refractivity (Wildman–Crippen MR) is 88.9 cm³/mol. The predicted octanol–water partition coefficient (Wildman–Crippen LogP) is 2.83. The summed E-state index contributed by atoms with van der Waals surface area (Å²) in [7, 11) is 0. The highest BCUT2D eigenvalue weighted by molar-refractivity contribution is 7.16. The molecule has 0 spiro atoms. The fourth-order valence-electron chi connectivity index (χ4n) is 2.85. The van der Waals surface area contributed by atoms with Gasteiger partial charge in [0.05, 0.1) is 5.39 Å². The molecule has 0 amide bonds. The van der Waals surface area contributed by atoms with Gasteiger partial charge >= 0.3 is 6.18 Å². The molecule has 25 heavy (non-hydrogen) atoms. The molecular formula is C15H13F3N6S. The van der Waals surface area contributed by atoms with Crippen LogP contribution < -0.4 is 9.80 Å². The third-order valence-electron chi connectivity index (χ3n) is 4.09. The number of fused-ring (bicyclic) bond motifs is 1. The Morgan fingerprint density at radius 2 is 1.64 bits per heavy atom. The molecule has 3 aromatic heterocycles. The summed E-state index contributed by atoms with van der Waals surface area (Å²) < 4.78 is 38.4. The van der Waals surface area contributed by atoms with Crippen LogP contribution in [0, 0.1) is 0 Å². The molecule has 0 unspecified atom stereocenters. The fourth-order valence-corrected chi connectivity index (χ4v) is 3.58. The number of anilines is 2. The molecule has 3 aromatic rings. The Morgan fingerprint density at radius 1 is 0.920 bits per heavy atom. The maximum Gasteiger partial charge on any atom is 0.433 e. The van der Waals surface area contributed by atoms with E-state index in [-0.39, 0.29) is 0 Å². The largest absolute Gasteiger partial charge is 0.433 e. The number of rotatable bonds is 2. The van der Waals surface area contributed by atoms with E-state index < -0.39 is 11.9 Å². The van der Waals surface area contributed by atoms with Gasteiger partial charge in [-0.3, -0.25) is 0 Å². The molecule has 0 saturated carbocycles. The molecule has 6 nitrogen and oxygen atoms in total. The van der Waals surface area contributed by atoms with Crippen molar-refractivity contribution in [3.63, 3.8) is 0 Å². The number of nitrogens with zero attached hydrogens (tertiary/aromatic N) is 6. The van der Waals surface area contributed by atoms with Gasteiger partial charge in [0.2, 0.25) is 0 Å². The van der Waals surface area contributed by atoms with E-state index in [1.807, 2.05) is 16.3 Å². The molecule has 0 aliphatic carbocycles. The molecule has 4 heterocycles. The lowest BCUT2D eigenvalue weighted by molar-refractivity contribution is -0.141. The quantitative estimate of drug-likeness (QED) is 0.695. The molecule has 0 radical (unpaired) electrons. The average molecular weight is 366 g/mol. The zero-order valence-electron chi connectivity index (χ0n) is 12.9. The van der Waals surface area contributed by atoms with Crippen LogP contribution in [0.25, 0.3) is 10.2 Å². The van der Waals surface area contributed by atoms with Crippen molar-refractivity contribution in [2.24, 2.45) is 0 Å². The van der Waals surface area contributed by atoms with Crippen molar-refractivity contribution in [3.05, 3.63) is 35.9 Å². The molecule has 1 aliphatic heterocycles. The number of piperazine rings is 1. The average Bonchev–Trinajstić information content (AvgIpc) is 3.10. The smallest absolute Gasteiger partial charge is 0.353 e. The van der Waals surface area contributed by atoms with Crippen LogP contribution in [0.4, 0.5) is 24.8 Å². The first-order valence-electron chi connectivity index (χ1n) is 7.60. The summed E-state index contributed by atoms with van der Waals surface area (Å²) in [5.74, 6) is 1.16. The van der Waals surface area contributed by atoms with Crippen LogP contribution in [0.1, 0.15) is 5.69 Å². The first-order valence-corrected chi connectivity index (χ1v) is 8.48. The van der Waals surface area contributed by atoms with E-state index in [2.05, 4.69) is 24.8 Å². The van der Waals surface area contributed by atoms with Crippen LogP contribution in [0.5, 0.6) is 0 Å². The summed E-state index contributed by atoms with van der Waals surface area (Å²) in [4.78, 5) is 20.8. The van der Waals surface area contributed by atoms with Crippen molar-refractivity contribution in [1.29, 1.82) is 0 Å². The molecule has 1 fully saturated rings. The number of aromatic nitrogens is 4. The number of halogens is 3. The Balaban J connectivity index is 1.51. The molecule has 10 heteroatoms. The van der Waals surface area contributed by atoms with Crippen LogP contribution >= 0.6 is 11.3 Å². The van der Waals surface area contributed by atoms with Crippen molar-refractivity contribution in [2.45, 2.75) is 6.18 Å². The molecule has 0 bridgehead atoms. The second-order valence-electron chi connectivity index (χ2n) is 5.57. The van der Waals surface area contributed by atoms with Crippen molar-refractivity contribution < 1.29 is 13.2 Å². The van der Waals surface area contributed by atoms with Crippen molar-refractivity contribution in [3.8, 4) is 0 Å². The monoisotopic (exact) mass is 366 g/mol. The highest BCUT2D eigenvalue weighted by Gasteiger charge is 2.33. The van der Waals surface area contributed by atoms with Gasteiger partial charge < -0.3 is 9.80 Å². The number of hydrogen-bond acceptors (Lipinski definition) is 7. The van der Waals surface area contributed by atoms with Gasteiger partial charge in [-0.05, 0) is 11.4 Å². The molecule has 130 valence electrons. The minimum Gasteiger partial charge on any atom is -0.353 e. The number of alkyl halides is 3. The van der Waals surface area contributed by atoms with Crippen LogP contribution in [0.2, 0.25) is 0 Å². The minimum atomic E-state index is -4.47. The Hall–Kier alpha value is -2.49. The molecule has 1 saturated heterocycles. The zero-order valence-corrected chi connectivity index (χ0v) is 13.8. The second kappa shape index (κ2) is 6.10. The maximum absolute atomic E-state index is 12.8. The highest BCUT2D eigenvalue weighted by atomic mass is 32.1. The second-order valence-corrected chi connectivity index (χ2v) is 6.46. The SMILES string of the molecule is FC(F)(F)c1cc(N2CCN(c3ncnc4sccc34)CC2)ncn1. The van der Waals surface area contributed by atoms with Gasteiger partial charge in [-0.2, -0.15) is 13.2 Å². The summed E-state index contributed by atoms with van der Waals surface area (Å²) in [5.41, 5.74) is -0.921. The Morgan fingerprint density at radius 3 is 2.40 bits per heavy atom. The standard InChI is InChI=1S/C15H13F3N6S/c16-15(17,18)11-7-12(20-8-19-11)23-2-4-24(5-3-23)13-10-1-6-25-14(10)22-9-21-13/h1,6-9H,2-5H2. The summed E-state index contributed by atoms with van der Waals surface area (Å²) >= 11 is 1.56. The lowest BCUT2D eigenvalue weighted by Crippen LogP contribution is -2.47. The van der Waals surface area contributed by atoms with Gasteiger partial charge in [0.15, 0.2) is 0 Å². The van der Waals surface area contributed by atoms with E-state index in [1.165, 1.54) is 0 Å². The lowest BCUT2D eigenvalue weighted by Gasteiger charge is -2.36. The van der Waals surface area contributed by atoms with Crippen molar-refractivity contribution in [2.75, 3.05) is 36.0 Å². The van der Waals surface area contributed by atoms with Gasteiger partial charge in [-0.25, -0.2) is 19.9 Å². The summed E-state index contributed by atoms with van der Waals surface area (Å²) in [6, 6.07) is 2.99. The Kier molecular flexibility index (Phi) is 3.91.